The first-order valence-corrected chi connectivity index (χ1v) is 7.15. The number of thiol groups is 1. The molecule has 2 heteroatoms. The smallest absolute Gasteiger partial charge is 0.104 e. The molecule has 0 aliphatic heterocycles. The van der Waals surface area contributed by atoms with E-state index in [1.165, 1.54) is 55.5 Å². The van der Waals surface area contributed by atoms with Crippen LogP contribution in [-0.2, 0) is 20.0 Å². The van der Waals surface area contributed by atoms with Crippen LogP contribution in [0.4, 0.5) is 0 Å². The number of quaternary nitrogens is 1. The lowest BCUT2D eigenvalue weighted by atomic mass is 10.1. The second-order valence-electron chi connectivity index (χ2n) is 5.16. The molecule has 0 radical (unpaired) electrons. The summed E-state index contributed by atoms with van der Waals surface area (Å²) < 4.78 is 1.27. The fourth-order valence-electron chi connectivity index (χ4n) is 2.97. The van der Waals surface area contributed by atoms with Crippen LogP contribution in [0, 0.1) is 0 Å². The van der Waals surface area contributed by atoms with Gasteiger partial charge in [0.05, 0.1) is 19.6 Å². The molecule has 0 aromatic heterocycles. The van der Waals surface area contributed by atoms with Gasteiger partial charge in [0.25, 0.3) is 0 Å². The molecule has 0 amide bonds. The highest BCUT2D eigenvalue weighted by molar-refractivity contribution is 7.37. The van der Waals surface area contributed by atoms with Gasteiger partial charge in [-0.3, -0.25) is 0 Å². The molecule has 0 unspecified atom stereocenters. The molecule has 0 bridgehead atoms. The molecule has 104 valence electrons. The lowest BCUT2D eigenvalue weighted by molar-refractivity contribution is -0.941. The number of nitrogens with zero attached hydrogens (tertiary/aromatic N) is 1. The van der Waals surface area contributed by atoms with Crippen LogP contribution in [0.3, 0.4) is 0 Å². The summed E-state index contributed by atoms with van der Waals surface area (Å²) in [6, 6.07) is 11.0. The lowest BCUT2D eigenvalue weighted by Crippen LogP contribution is -2.48. The molecule has 0 atom stereocenters. The largest absolute Gasteiger partial charge is 0.813 e. The Morgan fingerprint density at radius 1 is 0.778 bits per heavy atom. The molecule has 0 fully saturated rings. The molecule has 1 aromatic carbocycles. The Morgan fingerprint density at radius 2 is 1.22 bits per heavy atom. The van der Waals surface area contributed by atoms with Gasteiger partial charge in [0.1, 0.15) is 6.54 Å². The van der Waals surface area contributed by atoms with Crippen LogP contribution in [0.5, 0.6) is 0 Å². The van der Waals surface area contributed by atoms with Crippen LogP contribution >= 0.6 is 0 Å². The number of benzene rings is 1. The first kappa shape index (κ1) is 17.5. The molecule has 1 aromatic rings. The van der Waals surface area contributed by atoms with E-state index in [1.54, 1.807) is 0 Å². The molecule has 0 spiro atoms. The standard InChI is InChI=1S/C16H28N.H2S/c1-4-12-17(13-5-2,14-6-3)15-16-10-8-7-9-11-16;/h7-11H,4-6,12-15H2,1-3H3;1H2/q+1;/p-1. The monoisotopic (exact) mass is 267 g/mol. The van der Waals surface area contributed by atoms with E-state index in [1.807, 2.05) is 0 Å². The van der Waals surface area contributed by atoms with E-state index < -0.39 is 0 Å². The second-order valence-corrected chi connectivity index (χ2v) is 5.16. The Balaban J connectivity index is 0.00000289. The minimum Gasteiger partial charge on any atom is -0.813 e. The van der Waals surface area contributed by atoms with Crippen molar-refractivity contribution < 1.29 is 4.48 Å². The topological polar surface area (TPSA) is 0 Å². The Bertz CT molecular complexity index is 280. The average Bonchev–Trinajstić information content (AvgIpc) is 2.31. The highest BCUT2D eigenvalue weighted by Gasteiger charge is 2.24. The maximum atomic E-state index is 2.31. The highest BCUT2D eigenvalue weighted by atomic mass is 32.1. The minimum atomic E-state index is 0. The van der Waals surface area contributed by atoms with Crippen molar-refractivity contribution in [1.29, 1.82) is 0 Å². The van der Waals surface area contributed by atoms with Crippen LogP contribution in [0.15, 0.2) is 30.3 Å². The molecular formula is C16H29NS. The number of rotatable bonds is 8. The van der Waals surface area contributed by atoms with Crippen molar-refractivity contribution in [3.8, 4) is 0 Å². The molecule has 0 heterocycles. The Labute approximate surface area is 120 Å². The fourth-order valence-corrected chi connectivity index (χ4v) is 2.97. The predicted molar refractivity (Wildman–Crippen MR) is 84.6 cm³/mol. The summed E-state index contributed by atoms with van der Waals surface area (Å²) in [5.41, 5.74) is 1.49. The lowest BCUT2D eigenvalue weighted by Gasteiger charge is -2.38. The van der Waals surface area contributed by atoms with E-state index in [-0.39, 0.29) is 13.5 Å². The summed E-state index contributed by atoms with van der Waals surface area (Å²) in [5.74, 6) is 0. The van der Waals surface area contributed by atoms with Gasteiger partial charge >= 0.3 is 0 Å². The fraction of sp³-hybridized carbons (Fsp3) is 0.625. The van der Waals surface area contributed by atoms with Crippen molar-refractivity contribution in [2.75, 3.05) is 19.6 Å². The Morgan fingerprint density at radius 3 is 1.61 bits per heavy atom. The van der Waals surface area contributed by atoms with Crippen molar-refractivity contribution in [3.05, 3.63) is 35.9 Å². The molecule has 0 N–H and O–H groups in total. The highest BCUT2D eigenvalue weighted by Crippen LogP contribution is 2.17. The van der Waals surface area contributed by atoms with E-state index in [0.717, 1.165) is 0 Å². The van der Waals surface area contributed by atoms with Crippen LogP contribution in [-0.4, -0.2) is 24.1 Å². The molecule has 1 nitrogen and oxygen atoms in total. The van der Waals surface area contributed by atoms with Gasteiger partial charge in [0.2, 0.25) is 0 Å². The third-order valence-corrected chi connectivity index (χ3v) is 3.45. The van der Waals surface area contributed by atoms with Crippen LogP contribution in [0.25, 0.3) is 0 Å². The van der Waals surface area contributed by atoms with Crippen molar-refractivity contribution >= 4 is 13.5 Å². The summed E-state index contributed by atoms with van der Waals surface area (Å²) >= 11 is 0. The third-order valence-electron chi connectivity index (χ3n) is 3.45. The summed E-state index contributed by atoms with van der Waals surface area (Å²) in [6.45, 7) is 12.1. The van der Waals surface area contributed by atoms with Gasteiger partial charge < -0.3 is 18.0 Å². The van der Waals surface area contributed by atoms with Crippen LogP contribution < -0.4 is 0 Å². The molecule has 0 saturated heterocycles. The Hall–Kier alpha value is -0.470. The minimum absolute atomic E-state index is 0. The zero-order chi connectivity index (χ0) is 12.6. The van der Waals surface area contributed by atoms with Gasteiger partial charge in [0.15, 0.2) is 0 Å². The van der Waals surface area contributed by atoms with Gasteiger partial charge in [-0.2, -0.15) is 0 Å². The molecule has 1 rings (SSSR count). The normalized spacial score (nSPS) is 11.1. The van der Waals surface area contributed by atoms with Crippen molar-refractivity contribution in [2.24, 2.45) is 0 Å². The van der Waals surface area contributed by atoms with Gasteiger partial charge in [-0.1, -0.05) is 51.1 Å². The van der Waals surface area contributed by atoms with Gasteiger partial charge in [-0.15, -0.1) is 0 Å². The predicted octanol–water partition coefficient (Wildman–Crippen LogP) is 3.96. The molecule has 18 heavy (non-hydrogen) atoms. The first-order chi connectivity index (χ1) is 8.26. The summed E-state index contributed by atoms with van der Waals surface area (Å²) in [7, 11) is 0. The van der Waals surface area contributed by atoms with Crippen LogP contribution in [0.2, 0.25) is 0 Å². The zero-order valence-electron chi connectivity index (χ0n) is 12.2. The summed E-state index contributed by atoms with van der Waals surface area (Å²) in [4.78, 5) is 0. The van der Waals surface area contributed by atoms with Crippen molar-refractivity contribution in [3.63, 3.8) is 0 Å². The molecule has 0 aliphatic carbocycles. The summed E-state index contributed by atoms with van der Waals surface area (Å²) in [6.07, 6.45) is 3.85. The maximum Gasteiger partial charge on any atom is 0.104 e. The van der Waals surface area contributed by atoms with E-state index in [4.69, 9.17) is 0 Å². The van der Waals surface area contributed by atoms with Gasteiger partial charge in [-0.25, -0.2) is 0 Å². The van der Waals surface area contributed by atoms with Gasteiger partial charge in [-0.05, 0) is 19.3 Å². The van der Waals surface area contributed by atoms with E-state index in [9.17, 15) is 0 Å². The van der Waals surface area contributed by atoms with E-state index >= 15 is 0 Å². The number of hydrogen-bond acceptors (Lipinski definition) is 1. The SMILES string of the molecule is CCC[N+](CCC)(CCC)Cc1ccccc1.[SH-]. The molecular weight excluding hydrogens is 238 g/mol. The Kier molecular flexibility index (Phi) is 9.21. The second kappa shape index (κ2) is 9.46. The first-order valence-electron chi connectivity index (χ1n) is 7.15. The van der Waals surface area contributed by atoms with E-state index in [0.29, 0.717) is 0 Å². The van der Waals surface area contributed by atoms with Crippen LogP contribution in [0.1, 0.15) is 45.6 Å². The molecule has 0 saturated carbocycles. The van der Waals surface area contributed by atoms with Crippen molar-refractivity contribution in [1.82, 2.24) is 0 Å². The van der Waals surface area contributed by atoms with Crippen molar-refractivity contribution in [2.45, 2.75) is 46.6 Å². The quantitative estimate of drug-likeness (QED) is 0.390. The number of hydrogen-bond donors (Lipinski definition) is 0. The zero-order valence-corrected chi connectivity index (χ0v) is 13.1. The van der Waals surface area contributed by atoms with Gasteiger partial charge in [0, 0.05) is 5.56 Å². The van der Waals surface area contributed by atoms with E-state index in [2.05, 4.69) is 51.1 Å². The maximum absolute atomic E-state index is 2.31. The summed E-state index contributed by atoms with van der Waals surface area (Å²) in [5, 5.41) is 0. The third kappa shape index (κ3) is 5.45. The average molecular weight is 267 g/mol. The molecule has 0 aliphatic rings.